The maximum absolute atomic E-state index is 5.32. The monoisotopic (exact) mass is 364 g/mol. The average molecular weight is 364 g/mol. The van der Waals surface area contributed by atoms with Crippen LogP contribution in [-0.4, -0.2) is 35.9 Å². The number of nitrogens with zero attached hydrogens (tertiary/aromatic N) is 2. The van der Waals surface area contributed by atoms with E-state index in [2.05, 4.69) is 32.6 Å². The van der Waals surface area contributed by atoms with Crippen molar-refractivity contribution in [2.24, 2.45) is 0 Å². The summed E-state index contributed by atoms with van der Waals surface area (Å²) in [5.41, 5.74) is 3.18. The molecular weight excluding hydrogens is 344 g/mol. The van der Waals surface area contributed by atoms with Gasteiger partial charge in [0.2, 0.25) is 5.82 Å². The summed E-state index contributed by atoms with van der Waals surface area (Å²) in [5.74, 6) is 1.76. The molecule has 0 saturated heterocycles. The van der Waals surface area contributed by atoms with Gasteiger partial charge in [-0.15, -0.1) is 0 Å². The topological polar surface area (TPSA) is 85.2 Å². The normalized spacial score (nSPS) is 10.9. The molecule has 0 saturated carbocycles. The molecule has 0 aliphatic carbocycles. The minimum absolute atomic E-state index is 0.389. The Hall–Kier alpha value is -3.48. The minimum Gasteiger partial charge on any atom is -0.493 e. The summed E-state index contributed by atoms with van der Waals surface area (Å²) in [6, 6.07) is 14.1. The second kappa shape index (κ2) is 7.41. The van der Waals surface area contributed by atoms with Gasteiger partial charge in [-0.2, -0.15) is 4.98 Å². The van der Waals surface area contributed by atoms with Gasteiger partial charge in [-0.25, -0.2) is 0 Å². The van der Waals surface area contributed by atoms with Crippen LogP contribution >= 0.6 is 0 Å². The van der Waals surface area contributed by atoms with E-state index in [1.807, 2.05) is 36.5 Å². The number of rotatable bonds is 7. The molecule has 0 bridgehead atoms. The lowest BCUT2D eigenvalue weighted by molar-refractivity contribution is 0.355. The first-order chi connectivity index (χ1) is 13.3. The fraction of sp³-hybridized carbons (Fsp3) is 0.200. The van der Waals surface area contributed by atoms with Crippen LogP contribution in [0.5, 0.6) is 11.5 Å². The maximum Gasteiger partial charge on any atom is 0.321 e. The second-order valence-electron chi connectivity index (χ2n) is 6.03. The number of fused-ring (bicyclic) bond motifs is 1. The largest absolute Gasteiger partial charge is 0.493 e. The van der Waals surface area contributed by atoms with Gasteiger partial charge in [0.15, 0.2) is 11.5 Å². The number of nitrogens with one attached hydrogen (secondary N) is 2. The van der Waals surface area contributed by atoms with Gasteiger partial charge in [-0.1, -0.05) is 23.4 Å². The number of methoxy groups -OCH3 is 2. The third kappa shape index (κ3) is 3.44. The summed E-state index contributed by atoms with van der Waals surface area (Å²) in [6.07, 6.45) is 2.88. The number of aromatic amines is 1. The van der Waals surface area contributed by atoms with Crippen LogP contribution in [0.1, 0.15) is 5.56 Å². The Morgan fingerprint density at radius 2 is 1.93 bits per heavy atom. The Bertz CT molecular complexity index is 1050. The minimum atomic E-state index is 0.389. The molecule has 0 fully saturated rings. The fourth-order valence-corrected chi connectivity index (χ4v) is 3.03. The van der Waals surface area contributed by atoms with Crippen LogP contribution in [-0.2, 0) is 6.42 Å². The third-order valence-corrected chi connectivity index (χ3v) is 4.41. The molecule has 2 heterocycles. The van der Waals surface area contributed by atoms with Gasteiger partial charge >= 0.3 is 6.01 Å². The van der Waals surface area contributed by atoms with Crippen LogP contribution in [0.25, 0.3) is 22.3 Å². The summed E-state index contributed by atoms with van der Waals surface area (Å²) in [5, 5.41) is 8.44. The van der Waals surface area contributed by atoms with Gasteiger partial charge in [0.25, 0.3) is 0 Å². The maximum atomic E-state index is 5.32. The van der Waals surface area contributed by atoms with Gasteiger partial charge in [0.05, 0.1) is 14.2 Å². The van der Waals surface area contributed by atoms with E-state index in [1.165, 1.54) is 10.9 Å². The van der Waals surface area contributed by atoms with E-state index in [9.17, 15) is 0 Å². The zero-order chi connectivity index (χ0) is 18.6. The number of para-hydroxylation sites is 1. The van der Waals surface area contributed by atoms with E-state index in [0.717, 1.165) is 17.5 Å². The molecule has 0 aliphatic rings. The molecule has 4 rings (SSSR count). The summed E-state index contributed by atoms with van der Waals surface area (Å²) < 4.78 is 15.9. The summed E-state index contributed by atoms with van der Waals surface area (Å²) in [7, 11) is 3.19. The summed E-state index contributed by atoms with van der Waals surface area (Å²) in [4.78, 5) is 7.68. The van der Waals surface area contributed by atoms with Gasteiger partial charge in [-0.05, 0) is 36.2 Å². The van der Waals surface area contributed by atoms with Gasteiger partial charge in [-0.3, -0.25) is 0 Å². The fourth-order valence-electron chi connectivity index (χ4n) is 3.03. The highest BCUT2D eigenvalue weighted by Gasteiger charge is 2.12. The van der Waals surface area contributed by atoms with Crippen LogP contribution < -0.4 is 14.8 Å². The van der Waals surface area contributed by atoms with Crippen molar-refractivity contribution in [1.29, 1.82) is 0 Å². The average Bonchev–Trinajstić information content (AvgIpc) is 3.35. The zero-order valence-electron chi connectivity index (χ0n) is 15.2. The van der Waals surface area contributed by atoms with Crippen LogP contribution in [0.15, 0.2) is 53.2 Å². The first kappa shape index (κ1) is 17.0. The molecule has 0 unspecified atom stereocenters. The molecule has 27 heavy (non-hydrogen) atoms. The highest BCUT2D eigenvalue weighted by Crippen LogP contribution is 2.31. The lowest BCUT2D eigenvalue weighted by Gasteiger charge is -2.07. The van der Waals surface area contributed by atoms with Crippen LogP contribution in [0.4, 0.5) is 6.01 Å². The Morgan fingerprint density at radius 3 is 2.78 bits per heavy atom. The Morgan fingerprint density at radius 1 is 1.07 bits per heavy atom. The first-order valence-electron chi connectivity index (χ1n) is 8.63. The molecule has 7 heteroatoms. The number of benzene rings is 2. The number of aromatic nitrogens is 3. The van der Waals surface area contributed by atoms with E-state index in [0.29, 0.717) is 29.9 Å². The molecule has 0 amide bonds. The number of hydrogen-bond donors (Lipinski definition) is 2. The molecule has 2 N–H and O–H groups in total. The van der Waals surface area contributed by atoms with Gasteiger partial charge < -0.3 is 24.3 Å². The second-order valence-corrected chi connectivity index (χ2v) is 6.03. The summed E-state index contributed by atoms with van der Waals surface area (Å²) >= 11 is 0. The lowest BCUT2D eigenvalue weighted by atomic mass is 10.1. The molecule has 0 radical (unpaired) electrons. The Labute approximate surface area is 156 Å². The first-order valence-corrected chi connectivity index (χ1v) is 8.63. The van der Waals surface area contributed by atoms with Crippen LogP contribution in [0, 0.1) is 0 Å². The number of hydrogen-bond acceptors (Lipinski definition) is 6. The number of anilines is 1. The molecule has 0 aliphatic heterocycles. The van der Waals surface area contributed by atoms with Crippen molar-refractivity contribution in [2.75, 3.05) is 26.1 Å². The summed E-state index contributed by atoms with van der Waals surface area (Å²) in [6.45, 7) is 0.690. The molecule has 0 spiro atoms. The number of H-pyrrole nitrogens is 1. The van der Waals surface area contributed by atoms with E-state index in [1.54, 1.807) is 14.2 Å². The molecule has 2 aromatic carbocycles. The van der Waals surface area contributed by atoms with Crippen molar-refractivity contribution in [1.82, 2.24) is 15.1 Å². The molecular formula is C20H20N4O3. The van der Waals surface area contributed by atoms with Crippen molar-refractivity contribution >= 4 is 16.9 Å². The molecule has 2 aromatic heterocycles. The number of ether oxygens (including phenoxy) is 2. The van der Waals surface area contributed by atoms with E-state index in [-0.39, 0.29) is 0 Å². The van der Waals surface area contributed by atoms with Crippen LogP contribution in [0.2, 0.25) is 0 Å². The zero-order valence-corrected chi connectivity index (χ0v) is 15.2. The standard InChI is InChI=1S/C20H20N4O3/c1-25-17-8-7-13(11-18(17)26-2)19-23-20(27-24-19)21-10-9-14-12-22-16-6-4-3-5-15(14)16/h3-8,11-12,22H,9-10H2,1-2H3,(H,21,23,24). The Kier molecular flexibility index (Phi) is 4.65. The van der Waals surface area contributed by atoms with Crippen molar-refractivity contribution in [3.8, 4) is 22.9 Å². The van der Waals surface area contributed by atoms with Crippen molar-refractivity contribution < 1.29 is 14.0 Å². The third-order valence-electron chi connectivity index (χ3n) is 4.41. The van der Waals surface area contributed by atoms with Crippen molar-refractivity contribution in [2.45, 2.75) is 6.42 Å². The van der Waals surface area contributed by atoms with E-state index < -0.39 is 0 Å². The van der Waals surface area contributed by atoms with E-state index >= 15 is 0 Å². The smallest absolute Gasteiger partial charge is 0.321 e. The van der Waals surface area contributed by atoms with E-state index in [4.69, 9.17) is 14.0 Å². The Balaban J connectivity index is 1.42. The molecule has 7 nitrogen and oxygen atoms in total. The van der Waals surface area contributed by atoms with Crippen molar-refractivity contribution in [3.05, 3.63) is 54.2 Å². The van der Waals surface area contributed by atoms with Crippen LogP contribution in [0.3, 0.4) is 0 Å². The predicted octanol–water partition coefficient (Wildman–Crippen LogP) is 3.89. The molecule has 0 atom stereocenters. The van der Waals surface area contributed by atoms with Crippen molar-refractivity contribution in [3.63, 3.8) is 0 Å². The highest BCUT2D eigenvalue weighted by atomic mass is 16.5. The molecule has 138 valence electrons. The predicted molar refractivity (Wildman–Crippen MR) is 103 cm³/mol. The van der Waals surface area contributed by atoms with Gasteiger partial charge in [0.1, 0.15) is 0 Å². The highest BCUT2D eigenvalue weighted by molar-refractivity contribution is 5.83. The lowest BCUT2D eigenvalue weighted by Crippen LogP contribution is -2.04. The quantitative estimate of drug-likeness (QED) is 0.517. The SMILES string of the molecule is COc1ccc(-c2noc(NCCc3c[nH]c4ccccc34)n2)cc1OC. The van der Waals surface area contributed by atoms with Gasteiger partial charge in [0, 0.05) is 29.2 Å². The molecule has 4 aromatic rings.